The lowest BCUT2D eigenvalue weighted by atomic mass is 9.21. The van der Waals surface area contributed by atoms with Gasteiger partial charge in [-0.05, 0) is 65.0 Å². The molecule has 5 heteroatoms. The highest BCUT2D eigenvalue weighted by molar-refractivity contribution is 7.17. The lowest BCUT2D eigenvalue weighted by Crippen LogP contribution is -2.59. The summed E-state index contributed by atoms with van der Waals surface area (Å²) < 4.78 is 19.3. The molecule has 3 rings (SSSR count). The summed E-state index contributed by atoms with van der Waals surface area (Å²) in [7, 11) is 0. The summed E-state index contributed by atoms with van der Waals surface area (Å²) in [6, 6.07) is 0. The number of hydrogen-bond acceptors (Lipinski definition) is 3. The second kappa shape index (κ2) is 4.77. The predicted molar refractivity (Wildman–Crippen MR) is 92.3 cm³/mol. The molecule has 1 unspecified atom stereocenters. The highest BCUT2D eigenvalue weighted by atomic mass is 16.6. The quantitative estimate of drug-likeness (QED) is 0.688. The van der Waals surface area contributed by atoms with Crippen LogP contribution in [0, 0.1) is 11.3 Å². The summed E-state index contributed by atoms with van der Waals surface area (Å²) >= 11 is 0. The maximum Gasteiger partial charge on any atom is 0.296 e. The van der Waals surface area contributed by atoms with Gasteiger partial charge in [0.05, 0.1) is 16.8 Å². The maximum atomic E-state index is 6.62. The summed E-state index contributed by atoms with van der Waals surface area (Å²) in [6.45, 7) is 18.9. The number of ether oxygens (including phenoxy) is 1. The molecule has 3 aliphatic rings. The summed E-state index contributed by atoms with van der Waals surface area (Å²) in [5.74, 6) is 1.43. The lowest BCUT2D eigenvalue weighted by Gasteiger charge is -2.49. The van der Waals surface area contributed by atoms with Crippen LogP contribution in [0.25, 0.3) is 0 Å². The minimum atomic E-state index is -0.307. The molecule has 0 radical (unpaired) electrons. The normalized spacial score (nSPS) is 38.2. The zero-order valence-electron chi connectivity index (χ0n) is 15.7. The molecule has 0 bridgehead atoms. The van der Waals surface area contributed by atoms with Crippen molar-refractivity contribution in [3.63, 3.8) is 0 Å². The third-order valence-electron chi connectivity index (χ3n) is 7.30. The number of rotatable bonds is 1. The topological polar surface area (TPSA) is 27.7 Å². The average Bonchev–Trinajstić information content (AvgIpc) is 3.13. The smallest absolute Gasteiger partial charge is 0.296 e. The number of hydrogen-bond donors (Lipinski definition) is 0. The summed E-state index contributed by atoms with van der Waals surface area (Å²) in [6.07, 6.45) is 2.21. The highest BCUT2D eigenvalue weighted by Gasteiger charge is 2.66. The molecule has 2 heterocycles. The third kappa shape index (κ3) is 2.39. The van der Waals surface area contributed by atoms with Crippen molar-refractivity contribution in [2.45, 2.75) is 90.8 Å². The Balaban J connectivity index is 1.81. The fourth-order valence-electron chi connectivity index (χ4n) is 4.20. The molecule has 0 aromatic heterocycles. The van der Waals surface area contributed by atoms with Crippen molar-refractivity contribution in [2.75, 3.05) is 6.61 Å². The minimum Gasteiger partial charge on any atom is -0.435 e. The Morgan fingerprint density at radius 1 is 0.818 bits per heavy atom. The first-order valence-corrected chi connectivity index (χ1v) is 8.89. The van der Waals surface area contributed by atoms with Gasteiger partial charge in [0.15, 0.2) is 0 Å². The molecule has 1 saturated carbocycles. The van der Waals surface area contributed by atoms with Crippen molar-refractivity contribution < 1.29 is 14.0 Å². The van der Waals surface area contributed by atoms with Gasteiger partial charge in [-0.15, -0.1) is 0 Å². The highest BCUT2D eigenvalue weighted by Crippen LogP contribution is 2.65. The standard InChI is InChI=1S/C17H32B2O3/c1-14(2)12-11-13(12)19(22-15(14,3)4)18-9-10-20-16(5,6)17(7,8)21-18/h12-13H,9-11H2,1-8H3/t12-,13?/m1/s1. The SMILES string of the molecule is CC1(C)OCCB(B2OC(C)(C)C(C)(C)[C@@H]3CC23)OC1(C)C. The van der Waals surface area contributed by atoms with Gasteiger partial charge in [0.1, 0.15) is 0 Å². The second-order valence-electron chi connectivity index (χ2n) is 9.63. The van der Waals surface area contributed by atoms with Crippen molar-refractivity contribution >= 4 is 13.6 Å². The fraction of sp³-hybridized carbons (Fsp3) is 1.00. The van der Waals surface area contributed by atoms with Gasteiger partial charge in [0, 0.05) is 6.61 Å². The van der Waals surface area contributed by atoms with Crippen LogP contribution in [0.4, 0.5) is 0 Å². The third-order valence-corrected chi connectivity index (χ3v) is 7.30. The van der Waals surface area contributed by atoms with Crippen molar-refractivity contribution in [3.8, 4) is 0 Å². The van der Waals surface area contributed by atoms with Crippen molar-refractivity contribution in [1.82, 2.24) is 0 Å². The molecule has 124 valence electrons. The van der Waals surface area contributed by atoms with Crippen molar-refractivity contribution in [2.24, 2.45) is 11.3 Å². The van der Waals surface area contributed by atoms with Gasteiger partial charge in [0.2, 0.25) is 0 Å². The molecule has 0 amide bonds. The van der Waals surface area contributed by atoms with Gasteiger partial charge in [-0.3, -0.25) is 0 Å². The van der Waals surface area contributed by atoms with Crippen LogP contribution in [0.1, 0.15) is 61.8 Å². The van der Waals surface area contributed by atoms with E-state index in [0.29, 0.717) is 5.82 Å². The largest absolute Gasteiger partial charge is 0.435 e. The molecule has 3 nitrogen and oxygen atoms in total. The first kappa shape index (κ1) is 16.9. The van der Waals surface area contributed by atoms with Gasteiger partial charge < -0.3 is 14.0 Å². The van der Waals surface area contributed by atoms with Gasteiger partial charge in [-0.2, -0.15) is 0 Å². The number of fused-ring (bicyclic) bond motifs is 1. The first-order chi connectivity index (χ1) is 9.89. The van der Waals surface area contributed by atoms with E-state index < -0.39 is 0 Å². The molecule has 2 saturated heterocycles. The van der Waals surface area contributed by atoms with Crippen molar-refractivity contribution in [3.05, 3.63) is 0 Å². The Labute approximate surface area is 137 Å². The Hall–Kier alpha value is 0.00987. The average molecular weight is 306 g/mol. The monoisotopic (exact) mass is 306 g/mol. The van der Waals surface area contributed by atoms with E-state index in [4.69, 9.17) is 14.0 Å². The molecule has 0 spiro atoms. The van der Waals surface area contributed by atoms with E-state index in [1.54, 1.807) is 0 Å². The molecule has 3 fully saturated rings. The molecule has 0 aromatic rings. The molecular weight excluding hydrogens is 274 g/mol. The van der Waals surface area contributed by atoms with Gasteiger partial charge in [-0.25, -0.2) is 0 Å². The van der Waals surface area contributed by atoms with Crippen LogP contribution in [-0.2, 0) is 14.0 Å². The van der Waals surface area contributed by atoms with Crippen LogP contribution in [-0.4, -0.2) is 37.0 Å². The van der Waals surface area contributed by atoms with Crippen LogP contribution in [0.5, 0.6) is 0 Å². The van der Waals surface area contributed by atoms with Gasteiger partial charge in [-0.1, -0.05) is 20.3 Å². The summed E-state index contributed by atoms with van der Waals surface area (Å²) in [4.78, 5) is 0. The molecule has 22 heavy (non-hydrogen) atoms. The van der Waals surface area contributed by atoms with Crippen LogP contribution >= 0.6 is 0 Å². The zero-order chi connectivity index (χ0) is 16.6. The van der Waals surface area contributed by atoms with Crippen LogP contribution in [0.2, 0.25) is 12.1 Å². The van der Waals surface area contributed by atoms with Crippen LogP contribution in [0.3, 0.4) is 0 Å². The Morgan fingerprint density at radius 2 is 1.45 bits per heavy atom. The van der Waals surface area contributed by atoms with Crippen LogP contribution < -0.4 is 0 Å². The van der Waals surface area contributed by atoms with Gasteiger partial charge >= 0.3 is 0 Å². The minimum absolute atomic E-state index is 0.106. The van der Waals surface area contributed by atoms with E-state index in [0.717, 1.165) is 18.8 Å². The van der Waals surface area contributed by atoms with Gasteiger partial charge in [0.25, 0.3) is 13.6 Å². The van der Waals surface area contributed by atoms with E-state index in [2.05, 4.69) is 55.4 Å². The predicted octanol–water partition coefficient (Wildman–Crippen LogP) is 3.88. The fourth-order valence-corrected chi connectivity index (χ4v) is 4.20. The van der Waals surface area contributed by atoms with E-state index >= 15 is 0 Å². The lowest BCUT2D eigenvalue weighted by molar-refractivity contribution is -0.120. The zero-order valence-corrected chi connectivity index (χ0v) is 15.7. The molecular formula is C17H32B2O3. The second-order valence-corrected chi connectivity index (χ2v) is 9.63. The Morgan fingerprint density at radius 3 is 2.09 bits per heavy atom. The molecule has 1 aliphatic carbocycles. The Kier molecular flexibility index (Phi) is 3.65. The molecule has 2 atom stereocenters. The maximum absolute atomic E-state index is 6.62. The van der Waals surface area contributed by atoms with Crippen LogP contribution in [0.15, 0.2) is 0 Å². The molecule has 2 aliphatic heterocycles. The molecule has 0 aromatic carbocycles. The summed E-state index contributed by atoms with van der Waals surface area (Å²) in [5, 5.41) is 0. The summed E-state index contributed by atoms with van der Waals surface area (Å²) in [5.41, 5.74) is -0.442. The van der Waals surface area contributed by atoms with E-state index in [1.807, 2.05) is 0 Å². The van der Waals surface area contributed by atoms with E-state index in [-0.39, 0.29) is 35.8 Å². The Bertz CT molecular complexity index is 459. The van der Waals surface area contributed by atoms with E-state index in [1.165, 1.54) is 6.42 Å². The first-order valence-electron chi connectivity index (χ1n) is 8.89. The molecule has 0 N–H and O–H groups in total. The van der Waals surface area contributed by atoms with Crippen molar-refractivity contribution in [1.29, 1.82) is 0 Å². The van der Waals surface area contributed by atoms with E-state index in [9.17, 15) is 0 Å².